The van der Waals surface area contributed by atoms with E-state index in [1.807, 2.05) is 0 Å². The fourth-order valence-electron chi connectivity index (χ4n) is 2.70. The Morgan fingerprint density at radius 2 is 1.58 bits per heavy atom. The predicted octanol–water partition coefficient (Wildman–Crippen LogP) is 6.59. The first-order valence-electron chi connectivity index (χ1n) is 7.77. The van der Waals surface area contributed by atoms with Gasteiger partial charge < -0.3 is 4.74 Å². The molecule has 0 aliphatic heterocycles. The minimum Gasteiger partial charge on any atom is -0.489 e. The van der Waals surface area contributed by atoms with Gasteiger partial charge in [0.1, 0.15) is 24.0 Å². The standard InChI is InChI=1S/C21H14F4O/c1-2-7-26-17-11-18(22)21(19(23)12-17)16-6-5-14-8-13(9-20(24)25)3-4-15(14)10-16/h2-6,8-12H,1,7H2. The highest BCUT2D eigenvalue weighted by molar-refractivity contribution is 5.89. The number of ether oxygens (including phenoxy) is 1. The lowest BCUT2D eigenvalue weighted by atomic mass is 9.99. The van der Waals surface area contributed by atoms with Gasteiger partial charge in [-0.15, -0.1) is 0 Å². The Morgan fingerprint density at radius 1 is 0.923 bits per heavy atom. The van der Waals surface area contributed by atoms with Gasteiger partial charge in [-0.25, -0.2) is 8.78 Å². The van der Waals surface area contributed by atoms with E-state index >= 15 is 0 Å². The van der Waals surface area contributed by atoms with Crippen LogP contribution in [-0.4, -0.2) is 6.61 Å². The van der Waals surface area contributed by atoms with Gasteiger partial charge in [-0.05, 0) is 34.0 Å². The van der Waals surface area contributed by atoms with Gasteiger partial charge in [0.15, 0.2) is 0 Å². The van der Waals surface area contributed by atoms with Crippen molar-refractivity contribution in [3.05, 3.63) is 84.5 Å². The largest absolute Gasteiger partial charge is 0.489 e. The van der Waals surface area contributed by atoms with E-state index < -0.39 is 17.7 Å². The molecule has 0 bridgehead atoms. The molecule has 5 heteroatoms. The first-order valence-corrected chi connectivity index (χ1v) is 7.77. The molecule has 0 amide bonds. The first kappa shape index (κ1) is 17.7. The predicted molar refractivity (Wildman–Crippen MR) is 95.2 cm³/mol. The van der Waals surface area contributed by atoms with Gasteiger partial charge in [0.05, 0.1) is 5.56 Å². The van der Waals surface area contributed by atoms with Crippen molar-refractivity contribution in [3.8, 4) is 16.9 Å². The van der Waals surface area contributed by atoms with E-state index in [1.54, 1.807) is 30.3 Å². The molecule has 0 unspecified atom stereocenters. The highest BCUT2D eigenvalue weighted by Gasteiger charge is 2.14. The smallest absolute Gasteiger partial charge is 0.270 e. The third kappa shape index (κ3) is 3.77. The van der Waals surface area contributed by atoms with Gasteiger partial charge in [-0.2, -0.15) is 8.78 Å². The molecule has 3 rings (SSSR count). The van der Waals surface area contributed by atoms with Crippen LogP contribution >= 0.6 is 0 Å². The van der Waals surface area contributed by atoms with Crippen molar-refractivity contribution in [2.75, 3.05) is 6.61 Å². The SMILES string of the molecule is C=CCOc1cc(F)c(-c2ccc3cc(C=C(F)F)ccc3c2)c(F)c1. The molecule has 26 heavy (non-hydrogen) atoms. The normalized spacial score (nSPS) is 10.6. The second-order valence-electron chi connectivity index (χ2n) is 5.62. The van der Waals surface area contributed by atoms with Gasteiger partial charge in [-0.1, -0.05) is 36.9 Å². The molecule has 0 saturated heterocycles. The summed E-state index contributed by atoms with van der Waals surface area (Å²) < 4.78 is 58.7. The molecule has 0 N–H and O–H groups in total. The summed E-state index contributed by atoms with van der Waals surface area (Å²) in [4.78, 5) is 0. The summed E-state index contributed by atoms with van der Waals surface area (Å²) in [5.41, 5.74) is 0.533. The van der Waals surface area contributed by atoms with Crippen molar-refractivity contribution in [1.29, 1.82) is 0 Å². The van der Waals surface area contributed by atoms with Crippen LogP contribution < -0.4 is 4.74 Å². The number of hydrogen-bond donors (Lipinski definition) is 0. The molecule has 0 fully saturated rings. The maximum atomic E-state index is 14.4. The zero-order valence-corrected chi connectivity index (χ0v) is 13.6. The molecule has 0 heterocycles. The van der Waals surface area contributed by atoms with E-state index in [2.05, 4.69) is 6.58 Å². The van der Waals surface area contributed by atoms with E-state index in [0.717, 1.165) is 18.2 Å². The monoisotopic (exact) mass is 358 g/mol. The number of halogens is 4. The molecule has 0 atom stereocenters. The molecule has 0 aromatic heterocycles. The van der Waals surface area contributed by atoms with Crippen LogP contribution in [0.25, 0.3) is 28.0 Å². The molecule has 3 aromatic carbocycles. The minimum absolute atomic E-state index is 0.0779. The zero-order chi connectivity index (χ0) is 18.7. The van der Waals surface area contributed by atoms with E-state index in [0.29, 0.717) is 21.9 Å². The minimum atomic E-state index is -1.79. The van der Waals surface area contributed by atoms with E-state index in [-0.39, 0.29) is 17.9 Å². The van der Waals surface area contributed by atoms with Gasteiger partial charge in [0.2, 0.25) is 0 Å². The molecule has 3 aromatic rings. The van der Waals surface area contributed by atoms with E-state index in [4.69, 9.17) is 4.74 Å². The topological polar surface area (TPSA) is 9.23 Å². The number of fused-ring (bicyclic) bond motifs is 1. The summed E-state index contributed by atoms with van der Waals surface area (Å²) in [6, 6.07) is 11.8. The van der Waals surface area contributed by atoms with Gasteiger partial charge in [-0.3, -0.25) is 0 Å². The number of hydrogen-bond acceptors (Lipinski definition) is 1. The van der Waals surface area contributed by atoms with Crippen molar-refractivity contribution >= 4 is 16.8 Å². The first-order chi connectivity index (χ1) is 12.5. The summed E-state index contributed by atoms with van der Waals surface area (Å²) >= 11 is 0. The fourth-order valence-corrected chi connectivity index (χ4v) is 2.70. The van der Waals surface area contributed by atoms with Crippen molar-refractivity contribution in [2.24, 2.45) is 0 Å². The maximum absolute atomic E-state index is 14.4. The summed E-state index contributed by atoms with van der Waals surface area (Å²) in [5.74, 6) is -1.42. The van der Waals surface area contributed by atoms with Crippen molar-refractivity contribution in [2.45, 2.75) is 0 Å². The highest BCUT2D eigenvalue weighted by Crippen LogP contribution is 2.32. The molecule has 0 aliphatic rings. The second kappa shape index (κ2) is 7.44. The van der Waals surface area contributed by atoms with Crippen LogP contribution in [0.4, 0.5) is 17.6 Å². The van der Waals surface area contributed by atoms with Gasteiger partial charge >= 0.3 is 0 Å². The Balaban J connectivity index is 2.03. The highest BCUT2D eigenvalue weighted by atomic mass is 19.3. The Bertz CT molecular complexity index is 981. The maximum Gasteiger partial charge on any atom is 0.270 e. The lowest BCUT2D eigenvalue weighted by Gasteiger charge is -2.10. The molecular formula is C21H14F4O. The summed E-state index contributed by atoms with van der Waals surface area (Å²) in [6.45, 7) is 3.62. The molecule has 0 spiro atoms. The van der Waals surface area contributed by atoms with Crippen molar-refractivity contribution in [3.63, 3.8) is 0 Å². The summed E-state index contributed by atoms with van der Waals surface area (Å²) in [5, 5.41) is 1.38. The van der Waals surface area contributed by atoms with Crippen LogP contribution in [0.15, 0.2) is 67.3 Å². The number of rotatable bonds is 5. The Labute approximate surface area is 147 Å². The zero-order valence-electron chi connectivity index (χ0n) is 13.6. The fraction of sp³-hybridized carbons (Fsp3) is 0.0476. The lowest BCUT2D eigenvalue weighted by molar-refractivity contribution is 0.358. The molecule has 1 nitrogen and oxygen atoms in total. The second-order valence-corrected chi connectivity index (χ2v) is 5.62. The Kier molecular flexibility index (Phi) is 5.07. The third-order valence-corrected chi connectivity index (χ3v) is 3.81. The van der Waals surface area contributed by atoms with Gasteiger partial charge in [0.25, 0.3) is 6.08 Å². The van der Waals surface area contributed by atoms with E-state index in [9.17, 15) is 17.6 Å². The molecule has 132 valence electrons. The molecule has 0 radical (unpaired) electrons. The third-order valence-electron chi connectivity index (χ3n) is 3.81. The van der Waals surface area contributed by atoms with Crippen LogP contribution in [0, 0.1) is 11.6 Å². The molecule has 0 saturated carbocycles. The van der Waals surface area contributed by atoms with Crippen LogP contribution in [-0.2, 0) is 0 Å². The quantitative estimate of drug-likeness (QED) is 0.369. The summed E-state index contributed by atoms with van der Waals surface area (Å²) in [7, 11) is 0. The van der Waals surface area contributed by atoms with Gasteiger partial charge in [0, 0.05) is 18.2 Å². The van der Waals surface area contributed by atoms with Crippen LogP contribution in [0.1, 0.15) is 5.56 Å². The van der Waals surface area contributed by atoms with Crippen molar-refractivity contribution < 1.29 is 22.3 Å². The average molecular weight is 358 g/mol. The number of benzene rings is 3. The Hall–Kier alpha value is -3.08. The van der Waals surface area contributed by atoms with E-state index in [1.165, 1.54) is 12.1 Å². The van der Waals surface area contributed by atoms with Crippen LogP contribution in [0.5, 0.6) is 5.75 Å². The van der Waals surface area contributed by atoms with Crippen LogP contribution in [0.2, 0.25) is 0 Å². The lowest BCUT2D eigenvalue weighted by Crippen LogP contribution is -1.97. The molecular weight excluding hydrogens is 344 g/mol. The Morgan fingerprint density at radius 3 is 2.23 bits per heavy atom. The molecule has 0 aliphatic carbocycles. The van der Waals surface area contributed by atoms with Crippen LogP contribution in [0.3, 0.4) is 0 Å². The van der Waals surface area contributed by atoms with Crippen molar-refractivity contribution in [1.82, 2.24) is 0 Å². The average Bonchev–Trinajstić information content (AvgIpc) is 2.59. The summed E-state index contributed by atoms with van der Waals surface area (Å²) in [6.07, 6.45) is 0.448.